The predicted molar refractivity (Wildman–Crippen MR) is 81.7 cm³/mol. The molecular formula is C16H13ClF3N2O2+. The van der Waals surface area contributed by atoms with Crippen molar-refractivity contribution in [3.8, 4) is 0 Å². The molecular weight excluding hydrogens is 345 g/mol. The molecule has 0 radical (unpaired) electrons. The zero-order valence-corrected chi connectivity index (χ0v) is 13.3. The summed E-state index contributed by atoms with van der Waals surface area (Å²) in [7, 11) is 0. The highest BCUT2D eigenvalue weighted by atomic mass is 35.5. The quantitative estimate of drug-likeness (QED) is 0.672. The summed E-state index contributed by atoms with van der Waals surface area (Å²) in [4.78, 5) is 23.3. The molecule has 1 heterocycles. The number of pyridine rings is 1. The molecule has 0 unspecified atom stereocenters. The van der Waals surface area contributed by atoms with Crippen molar-refractivity contribution in [2.45, 2.75) is 19.6 Å². The van der Waals surface area contributed by atoms with E-state index < -0.39 is 22.7 Å². The maximum atomic E-state index is 12.8. The molecule has 1 aromatic heterocycles. The molecule has 0 aliphatic heterocycles. The first-order valence-electron chi connectivity index (χ1n) is 6.83. The van der Waals surface area contributed by atoms with E-state index in [0.717, 1.165) is 12.1 Å². The van der Waals surface area contributed by atoms with E-state index in [4.69, 9.17) is 11.6 Å². The average molecular weight is 358 g/mol. The fourth-order valence-corrected chi connectivity index (χ4v) is 2.24. The van der Waals surface area contributed by atoms with E-state index in [0.29, 0.717) is 5.56 Å². The van der Waals surface area contributed by atoms with Crippen LogP contribution in [0, 0.1) is 0 Å². The van der Waals surface area contributed by atoms with Crippen LogP contribution in [-0.2, 0) is 17.5 Å². The molecule has 0 bridgehead atoms. The predicted octanol–water partition coefficient (Wildman–Crippen LogP) is 3.49. The molecule has 2 aromatic rings. The molecule has 0 aliphatic rings. The Bertz CT molecular complexity index is 791. The summed E-state index contributed by atoms with van der Waals surface area (Å²) in [5.74, 6) is -0.687. The molecule has 0 aliphatic carbocycles. The smallest absolute Gasteiger partial charge is 0.321 e. The summed E-state index contributed by atoms with van der Waals surface area (Å²) >= 11 is 5.53. The van der Waals surface area contributed by atoms with Gasteiger partial charge >= 0.3 is 6.18 Å². The van der Waals surface area contributed by atoms with Gasteiger partial charge in [0.05, 0.1) is 16.1 Å². The van der Waals surface area contributed by atoms with Crippen molar-refractivity contribution in [3.63, 3.8) is 0 Å². The summed E-state index contributed by atoms with van der Waals surface area (Å²) in [5.41, 5.74) is -0.607. The number of hydrogen-bond acceptors (Lipinski definition) is 2. The minimum atomic E-state index is -4.61. The Morgan fingerprint density at radius 1 is 1.25 bits per heavy atom. The zero-order chi connectivity index (χ0) is 17.9. The van der Waals surface area contributed by atoms with Gasteiger partial charge in [-0.1, -0.05) is 11.6 Å². The standard InChI is InChI=1S/C16H12ClF3N2O2/c1-10(23)11-3-2-6-22(8-11)9-15(24)21-12-4-5-14(17)13(7-12)16(18,19)20/h2-8H,9H2,1H3/p+1. The molecule has 8 heteroatoms. The minimum absolute atomic E-state index is 0.0138. The number of nitrogens with zero attached hydrogens (tertiary/aromatic N) is 1. The molecule has 0 atom stereocenters. The van der Waals surface area contributed by atoms with Crippen LogP contribution in [0.3, 0.4) is 0 Å². The Kier molecular flexibility index (Phi) is 5.23. The van der Waals surface area contributed by atoms with Gasteiger partial charge in [0.25, 0.3) is 5.91 Å². The molecule has 0 fully saturated rings. The van der Waals surface area contributed by atoms with Crippen LogP contribution in [0.25, 0.3) is 0 Å². The van der Waals surface area contributed by atoms with Crippen LogP contribution in [0.1, 0.15) is 22.8 Å². The Morgan fingerprint density at radius 2 is 1.96 bits per heavy atom. The second-order valence-electron chi connectivity index (χ2n) is 5.06. The first-order chi connectivity index (χ1) is 11.2. The number of carbonyl (C=O) groups is 2. The van der Waals surface area contributed by atoms with E-state index in [-0.39, 0.29) is 18.0 Å². The first kappa shape index (κ1) is 17.9. The molecule has 1 amide bonds. The van der Waals surface area contributed by atoms with E-state index in [1.54, 1.807) is 18.3 Å². The van der Waals surface area contributed by atoms with Crippen LogP contribution >= 0.6 is 11.6 Å². The summed E-state index contributed by atoms with van der Waals surface area (Å²) in [6, 6.07) is 6.34. The number of halogens is 4. The average Bonchev–Trinajstić information content (AvgIpc) is 2.48. The van der Waals surface area contributed by atoms with E-state index >= 15 is 0 Å². The fraction of sp³-hybridized carbons (Fsp3) is 0.188. The van der Waals surface area contributed by atoms with Crippen molar-refractivity contribution in [1.29, 1.82) is 0 Å². The van der Waals surface area contributed by atoms with Crippen molar-refractivity contribution < 1.29 is 27.3 Å². The number of carbonyl (C=O) groups excluding carboxylic acids is 2. The Balaban J connectivity index is 2.13. The SMILES string of the molecule is CC(=O)c1ccc[n+](CC(=O)Nc2ccc(Cl)c(C(F)(F)F)c2)c1. The number of aromatic nitrogens is 1. The van der Waals surface area contributed by atoms with Gasteiger partial charge in [-0.3, -0.25) is 9.59 Å². The van der Waals surface area contributed by atoms with E-state index in [9.17, 15) is 22.8 Å². The van der Waals surface area contributed by atoms with Gasteiger partial charge < -0.3 is 5.32 Å². The summed E-state index contributed by atoms with van der Waals surface area (Å²) in [6.07, 6.45) is -1.54. The topological polar surface area (TPSA) is 50.0 Å². The zero-order valence-electron chi connectivity index (χ0n) is 12.5. The maximum Gasteiger partial charge on any atom is 0.417 e. The van der Waals surface area contributed by atoms with Gasteiger partial charge in [-0.05, 0) is 31.2 Å². The Labute approximate surface area is 140 Å². The monoisotopic (exact) mass is 357 g/mol. The largest absolute Gasteiger partial charge is 0.417 e. The summed E-state index contributed by atoms with van der Waals surface area (Å²) in [5, 5.41) is 1.93. The Hall–Kier alpha value is -2.41. The number of ketones is 1. The number of amides is 1. The van der Waals surface area contributed by atoms with Gasteiger partial charge in [-0.15, -0.1) is 0 Å². The summed E-state index contributed by atoms with van der Waals surface area (Å²) in [6.45, 7) is 1.25. The molecule has 2 rings (SSSR count). The number of alkyl halides is 3. The molecule has 1 N–H and O–H groups in total. The minimum Gasteiger partial charge on any atom is -0.321 e. The molecule has 0 spiro atoms. The van der Waals surface area contributed by atoms with Crippen molar-refractivity contribution in [2.75, 3.05) is 5.32 Å². The lowest BCUT2D eigenvalue weighted by molar-refractivity contribution is -0.684. The third kappa shape index (κ3) is 4.55. The van der Waals surface area contributed by atoms with E-state index in [2.05, 4.69) is 5.32 Å². The Morgan fingerprint density at radius 3 is 2.58 bits per heavy atom. The van der Waals surface area contributed by atoms with Crippen LogP contribution in [0.2, 0.25) is 5.02 Å². The number of nitrogens with one attached hydrogen (secondary N) is 1. The van der Waals surface area contributed by atoms with Crippen LogP contribution in [-0.4, -0.2) is 11.7 Å². The maximum absolute atomic E-state index is 12.8. The highest BCUT2D eigenvalue weighted by molar-refractivity contribution is 6.31. The van der Waals surface area contributed by atoms with Crippen molar-refractivity contribution in [2.24, 2.45) is 0 Å². The van der Waals surface area contributed by atoms with Crippen LogP contribution < -0.4 is 9.88 Å². The van der Waals surface area contributed by atoms with E-state index in [1.165, 1.54) is 23.8 Å². The third-order valence-corrected chi connectivity index (χ3v) is 3.48. The lowest BCUT2D eigenvalue weighted by atomic mass is 10.2. The number of benzene rings is 1. The molecule has 1 aromatic carbocycles. The fourth-order valence-electron chi connectivity index (χ4n) is 2.02. The number of anilines is 1. The van der Waals surface area contributed by atoms with Crippen LogP contribution in [0.5, 0.6) is 0 Å². The van der Waals surface area contributed by atoms with Gasteiger partial charge in [-0.2, -0.15) is 17.7 Å². The van der Waals surface area contributed by atoms with E-state index in [1.807, 2.05) is 0 Å². The highest BCUT2D eigenvalue weighted by Gasteiger charge is 2.33. The van der Waals surface area contributed by atoms with Crippen molar-refractivity contribution in [3.05, 3.63) is 58.9 Å². The van der Waals surface area contributed by atoms with Crippen LogP contribution in [0.4, 0.5) is 18.9 Å². The molecule has 126 valence electrons. The van der Waals surface area contributed by atoms with Gasteiger partial charge in [-0.25, -0.2) is 0 Å². The molecule has 0 saturated heterocycles. The molecule has 0 saturated carbocycles. The number of Topliss-reactive ketones (excluding diaryl/α,β-unsaturated/α-hetero) is 1. The molecule has 24 heavy (non-hydrogen) atoms. The lowest BCUT2D eigenvalue weighted by Gasteiger charge is -2.11. The molecule has 4 nitrogen and oxygen atoms in total. The second kappa shape index (κ2) is 7.00. The van der Waals surface area contributed by atoms with Gasteiger partial charge in [0.1, 0.15) is 0 Å². The second-order valence-corrected chi connectivity index (χ2v) is 5.47. The third-order valence-electron chi connectivity index (χ3n) is 3.15. The van der Waals surface area contributed by atoms with Gasteiger partial charge in [0.2, 0.25) is 6.54 Å². The normalized spacial score (nSPS) is 11.2. The van der Waals surface area contributed by atoms with Crippen molar-refractivity contribution in [1.82, 2.24) is 0 Å². The number of rotatable bonds is 4. The first-order valence-corrected chi connectivity index (χ1v) is 7.21. The number of hydrogen-bond donors (Lipinski definition) is 1. The van der Waals surface area contributed by atoms with Crippen molar-refractivity contribution >= 4 is 29.0 Å². The highest BCUT2D eigenvalue weighted by Crippen LogP contribution is 2.36. The van der Waals surface area contributed by atoms with Crippen LogP contribution in [0.15, 0.2) is 42.7 Å². The lowest BCUT2D eigenvalue weighted by Crippen LogP contribution is -2.40. The summed E-state index contributed by atoms with van der Waals surface area (Å²) < 4.78 is 39.9. The van der Waals surface area contributed by atoms with Gasteiger partial charge in [0.15, 0.2) is 18.2 Å². The van der Waals surface area contributed by atoms with Gasteiger partial charge in [0, 0.05) is 11.8 Å².